The van der Waals surface area contributed by atoms with E-state index in [-0.39, 0.29) is 11.4 Å². The topological polar surface area (TPSA) is 73.2 Å². The van der Waals surface area contributed by atoms with Gasteiger partial charge in [-0.2, -0.15) is 13.9 Å². The molecule has 0 aliphatic carbocycles. The van der Waals surface area contributed by atoms with Crippen LogP contribution in [0.2, 0.25) is 0 Å². The monoisotopic (exact) mass is 399 g/mol. The van der Waals surface area contributed by atoms with Crippen molar-refractivity contribution in [3.8, 4) is 17.0 Å². The number of hydrogen-bond acceptors (Lipinski definition) is 4. The Balaban J connectivity index is 1.81. The number of carbonyl (C=O) groups is 1. The lowest BCUT2D eigenvalue weighted by Crippen LogP contribution is -2.33. The highest BCUT2D eigenvalue weighted by Crippen LogP contribution is 2.21. The normalized spacial score (nSPS) is 11.9. The van der Waals surface area contributed by atoms with Gasteiger partial charge in [-0.25, -0.2) is 4.68 Å². The van der Waals surface area contributed by atoms with Crippen LogP contribution >= 0.6 is 0 Å². The van der Waals surface area contributed by atoms with Crippen LogP contribution in [-0.4, -0.2) is 22.3 Å². The summed E-state index contributed by atoms with van der Waals surface area (Å²) in [4.78, 5) is 24.8. The molecule has 1 unspecified atom stereocenters. The van der Waals surface area contributed by atoms with Crippen LogP contribution in [0.1, 0.15) is 18.5 Å². The molecule has 1 heterocycles. The summed E-state index contributed by atoms with van der Waals surface area (Å²) in [5, 5.41) is 6.90. The first-order valence-corrected chi connectivity index (χ1v) is 8.86. The van der Waals surface area contributed by atoms with Gasteiger partial charge < -0.3 is 10.1 Å². The van der Waals surface area contributed by atoms with Crippen LogP contribution in [0.5, 0.6) is 5.75 Å². The van der Waals surface area contributed by atoms with Gasteiger partial charge in [-0.1, -0.05) is 35.9 Å². The first kappa shape index (κ1) is 20.2. The molecule has 0 bridgehead atoms. The number of nitrogens with zero attached hydrogens (tertiary/aromatic N) is 2. The van der Waals surface area contributed by atoms with E-state index in [0.29, 0.717) is 5.69 Å². The van der Waals surface area contributed by atoms with E-state index < -0.39 is 24.1 Å². The van der Waals surface area contributed by atoms with Crippen LogP contribution in [0, 0.1) is 6.92 Å². The van der Waals surface area contributed by atoms with Gasteiger partial charge in [0, 0.05) is 23.4 Å². The van der Waals surface area contributed by atoms with Crippen molar-refractivity contribution in [2.75, 3.05) is 5.32 Å². The molecule has 29 heavy (non-hydrogen) atoms. The van der Waals surface area contributed by atoms with Crippen LogP contribution in [0.4, 0.5) is 14.5 Å². The minimum atomic E-state index is -2.97. The molecular weight excluding hydrogens is 380 g/mol. The molecule has 0 saturated carbocycles. The molecule has 1 atom stereocenters. The molecule has 1 aromatic heterocycles. The van der Waals surface area contributed by atoms with Crippen molar-refractivity contribution < 1.29 is 18.3 Å². The number of nitrogens with one attached hydrogen (secondary N) is 1. The van der Waals surface area contributed by atoms with Gasteiger partial charge in [-0.05, 0) is 32.0 Å². The van der Waals surface area contributed by atoms with Gasteiger partial charge in [0.2, 0.25) is 5.91 Å². The van der Waals surface area contributed by atoms with Crippen LogP contribution in [-0.2, 0) is 4.79 Å². The lowest BCUT2D eigenvalue weighted by atomic mass is 10.1. The third-order valence-electron chi connectivity index (χ3n) is 4.25. The Kier molecular flexibility index (Phi) is 6.01. The Bertz CT molecular complexity index is 1070. The van der Waals surface area contributed by atoms with Gasteiger partial charge in [0.1, 0.15) is 11.8 Å². The molecule has 6 nitrogen and oxygen atoms in total. The smallest absolute Gasteiger partial charge is 0.387 e. The second-order valence-electron chi connectivity index (χ2n) is 6.44. The van der Waals surface area contributed by atoms with Crippen LogP contribution < -0.4 is 15.6 Å². The van der Waals surface area contributed by atoms with Crippen LogP contribution in [0.3, 0.4) is 0 Å². The zero-order valence-corrected chi connectivity index (χ0v) is 15.8. The van der Waals surface area contributed by atoms with Crippen LogP contribution in [0.15, 0.2) is 65.5 Å². The molecule has 0 aliphatic rings. The largest absolute Gasteiger partial charge is 0.435 e. The Morgan fingerprint density at radius 2 is 1.83 bits per heavy atom. The molecule has 8 heteroatoms. The molecule has 1 amide bonds. The van der Waals surface area contributed by atoms with Crippen molar-refractivity contribution in [1.82, 2.24) is 9.78 Å². The van der Waals surface area contributed by atoms with Crippen molar-refractivity contribution in [2.45, 2.75) is 26.5 Å². The van der Waals surface area contributed by atoms with Crippen molar-refractivity contribution in [3.63, 3.8) is 0 Å². The number of benzene rings is 2. The number of aryl methyl sites for hydroxylation is 1. The quantitative estimate of drug-likeness (QED) is 0.680. The summed E-state index contributed by atoms with van der Waals surface area (Å²) in [5.74, 6) is -0.600. The highest BCUT2D eigenvalue weighted by molar-refractivity contribution is 5.93. The third kappa shape index (κ3) is 5.04. The van der Waals surface area contributed by atoms with Gasteiger partial charge in [0.25, 0.3) is 5.56 Å². The third-order valence-corrected chi connectivity index (χ3v) is 4.25. The van der Waals surface area contributed by atoms with Gasteiger partial charge >= 0.3 is 6.61 Å². The first-order valence-electron chi connectivity index (χ1n) is 8.86. The summed E-state index contributed by atoms with van der Waals surface area (Å²) in [7, 11) is 0. The second-order valence-corrected chi connectivity index (χ2v) is 6.44. The Morgan fingerprint density at radius 3 is 2.52 bits per heavy atom. The predicted molar refractivity (Wildman–Crippen MR) is 105 cm³/mol. The molecule has 1 N–H and O–H groups in total. The average molecular weight is 399 g/mol. The van der Waals surface area contributed by atoms with E-state index in [1.54, 1.807) is 6.07 Å². The average Bonchev–Trinajstić information content (AvgIpc) is 2.68. The van der Waals surface area contributed by atoms with Gasteiger partial charge in [-0.3, -0.25) is 9.59 Å². The van der Waals surface area contributed by atoms with Gasteiger partial charge in [0.15, 0.2) is 0 Å². The number of rotatable bonds is 6. The second kappa shape index (κ2) is 8.64. The molecule has 3 aromatic rings. The van der Waals surface area contributed by atoms with Crippen molar-refractivity contribution in [3.05, 3.63) is 76.6 Å². The Morgan fingerprint density at radius 1 is 1.10 bits per heavy atom. The highest BCUT2D eigenvalue weighted by atomic mass is 19.3. The van der Waals surface area contributed by atoms with E-state index in [0.717, 1.165) is 15.8 Å². The first-order chi connectivity index (χ1) is 13.8. The number of ether oxygens (including phenoxy) is 1. The number of halogens is 2. The molecular formula is C21H19F2N3O3. The van der Waals surface area contributed by atoms with E-state index >= 15 is 0 Å². The van der Waals surface area contributed by atoms with Gasteiger partial charge in [0.05, 0.1) is 5.69 Å². The number of hydrogen-bond donors (Lipinski definition) is 1. The van der Waals surface area contributed by atoms with Crippen molar-refractivity contribution in [1.29, 1.82) is 0 Å². The number of alkyl halides is 2. The lowest BCUT2D eigenvalue weighted by Gasteiger charge is -2.15. The summed E-state index contributed by atoms with van der Waals surface area (Å²) in [6, 6.07) is 15.3. The summed E-state index contributed by atoms with van der Waals surface area (Å²) in [6.07, 6.45) is 0. The maximum absolute atomic E-state index is 12.6. The summed E-state index contributed by atoms with van der Waals surface area (Å²) in [6.45, 7) is 0.529. The molecule has 0 saturated heterocycles. The Hall–Kier alpha value is -3.55. The molecule has 2 aromatic carbocycles. The minimum absolute atomic E-state index is 0.0814. The zero-order valence-electron chi connectivity index (χ0n) is 15.8. The lowest BCUT2D eigenvalue weighted by molar-refractivity contribution is -0.119. The number of amides is 1. The van der Waals surface area contributed by atoms with Crippen LogP contribution in [0.25, 0.3) is 11.3 Å². The Labute approximate surface area is 165 Å². The summed E-state index contributed by atoms with van der Waals surface area (Å²) >= 11 is 0. The number of anilines is 1. The maximum atomic E-state index is 12.6. The minimum Gasteiger partial charge on any atom is -0.435 e. The predicted octanol–water partition coefficient (Wildman–Crippen LogP) is 4.02. The van der Waals surface area contributed by atoms with Crippen molar-refractivity contribution >= 4 is 11.6 Å². The van der Waals surface area contributed by atoms with E-state index in [1.807, 2.05) is 31.2 Å². The molecule has 0 fully saturated rings. The van der Waals surface area contributed by atoms with Crippen molar-refractivity contribution in [2.24, 2.45) is 0 Å². The van der Waals surface area contributed by atoms with E-state index in [1.165, 1.54) is 37.3 Å². The molecule has 0 aliphatic heterocycles. The molecule has 0 radical (unpaired) electrons. The number of carbonyl (C=O) groups excluding carboxylic acids is 1. The molecule has 150 valence electrons. The highest BCUT2D eigenvalue weighted by Gasteiger charge is 2.18. The summed E-state index contributed by atoms with van der Waals surface area (Å²) in [5.41, 5.74) is 2.29. The fourth-order valence-electron chi connectivity index (χ4n) is 2.69. The number of aromatic nitrogens is 2. The molecule has 3 rings (SSSR count). The SMILES string of the molecule is Cc1ccc(-c2ccc(=O)n(C(C)C(=O)Nc3cccc(OC(F)F)c3)n2)cc1. The summed E-state index contributed by atoms with van der Waals surface area (Å²) < 4.78 is 30.1. The zero-order chi connectivity index (χ0) is 21.0. The van der Waals surface area contributed by atoms with E-state index in [2.05, 4.69) is 15.2 Å². The standard InChI is InChI=1S/C21H19F2N3O3/c1-13-6-8-15(9-7-13)18-10-11-19(27)26(25-18)14(2)20(28)24-16-4-3-5-17(12-16)29-21(22)23/h3-12,14,21H,1-2H3,(H,24,28). The fraction of sp³-hybridized carbons (Fsp3) is 0.190. The maximum Gasteiger partial charge on any atom is 0.387 e. The fourth-order valence-corrected chi connectivity index (χ4v) is 2.69. The van der Waals surface area contributed by atoms with Gasteiger partial charge in [-0.15, -0.1) is 0 Å². The van der Waals surface area contributed by atoms with E-state index in [9.17, 15) is 18.4 Å². The van der Waals surface area contributed by atoms with E-state index in [4.69, 9.17) is 0 Å². The molecule has 0 spiro atoms.